The second-order valence-corrected chi connectivity index (χ2v) is 6.56. The molecule has 0 aromatic heterocycles. The minimum Gasteiger partial charge on any atom is -0.490 e. The zero-order valence-electron chi connectivity index (χ0n) is 14.2. The van der Waals surface area contributed by atoms with Crippen molar-refractivity contribution in [3.63, 3.8) is 0 Å². The molecule has 2 aliphatic rings. The Balaban J connectivity index is 1.82. The summed E-state index contributed by atoms with van der Waals surface area (Å²) in [5.41, 5.74) is 1.21. The highest BCUT2D eigenvalue weighted by atomic mass is 16.5. The highest BCUT2D eigenvalue weighted by Gasteiger charge is 2.34. The fourth-order valence-corrected chi connectivity index (χ4v) is 3.51. The summed E-state index contributed by atoms with van der Waals surface area (Å²) in [7, 11) is 3.63. The highest BCUT2D eigenvalue weighted by molar-refractivity contribution is 5.81. The summed E-state index contributed by atoms with van der Waals surface area (Å²) < 4.78 is 11.5. The number of carbonyl (C=O) groups excluding carboxylic acids is 1. The van der Waals surface area contributed by atoms with Gasteiger partial charge in [0, 0.05) is 26.6 Å². The molecule has 23 heavy (non-hydrogen) atoms. The van der Waals surface area contributed by atoms with Crippen molar-refractivity contribution < 1.29 is 14.3 Å². The van der Waals surface area contributed by atoms with Crippen LogP contribution in [-0.2, 0) is 4.79 Å². The molecule has 5 nitrogen and oxygen atoms in total. The third-order valence-electron chi connectivity index (χ3n) is 4.75. The van der Waals surface area contributed by atoms with E-state index in [1.807, 2.05) is 27.1 Å². The summed E-state index contributed by atoms with van der Waals surface area (Å²) in [5, 5.41) is 0. The van der Waals surface area contributed by atoms with Gasteiger partial charge in [-0.2, -0.15) is 0 Å². The van der Waals surface area contributed by atoms with Crippen molar-refractivity contribution in [2.75, 3.05) is 33.9 Å². The normalized spacial score (nSPS) is 22.5. The van der Waals surface area contributed by atoms with E-state index < -0.39 is 0 Å². The van der Waals surface area contributed by atoms with Gasteiger partial charge in [-0.25, -0.2) is 0 Å². The van der Waals surface area contributed by atoms with E-state index in [2.05, 4.69) is 17.0 Å². The fourth-order valence-electron chi connectivity index (χ4n) is 3.51. The summed E-state index contributed by atoms with van der Waals surface area (Å²) in [6.07, 6.45) is 3.10. The van der Waals surface area contributed by atoms with Crippen LogP contribution < -0.4 is 9.47 Å². The largest absolute Gasteiger partial charge is 0.490 e. The van der Waals surface area contributed by atoms with Crippen molar-refractivity contribution in [3.8, 4) is 11.5 Å². The molecular weight excluding hydrogens is 292 g/mol. The smallest absolute Gasteiger partial charge is 0.239 e. The second kappa shape index (κ2) is 6.79. The molecule has 0 spiro atoms. The van der Waals surface area contributed by atoms with E-state index in [-0.39, 0.29) is 18.0 Å². The van der Waals surface area contributed by atoms with Gasteiger partial charge in [-0.05, 0) is 44.0 Å². The van der Waals surface area contributed by atoms with Gasteiger partial charge < -0.3 is 14.4 Å². The fraction of sp³-hybridized carbons (Fsp3) is 0.611. The summed E-state index contributed by atoms with van der Waals surface area (Å²) in [6.45, 7) is 4.36. The van der Waals surface area contributed by atoms with E-state index in [1.54, 1.807) is 4.90 Å². The molecule has 5 heteroatoms. The molecule has 2 aliphatic heterocycles. The van der Waals surface area contributed by atoms with Gasteiger partial charge in [0.15, 0.2) is 11.5 Å². The van der Waals surface area contributed by atoms with Crippen molar-refractivity contribution in [1.82, 2.24) is 9.80 Å². The first-order valence-electron chi connectivity index (χ1n) is 8.44. The number of nitrogens with zero attached hydrogens (tertiary/aromatic N) is 2. The van der Waals surface area contributed by atoms with Crippen molar-refractivity contribution >= 4 is 5.91 Å². The third kappa shape index (κ3) is 3.29. The number of ether oxygens (including phenoxy) is 2. The van der Waals surface area contributed by atoms with Crippen LogP contribution in [0.4, 0.5) is 0 Å². The average Bonchev–Trinajstić information content (AvgIpc) is 2.91. The van der Waals surface area contributed by atoms with Crippen LogP contribution in [-0.4, -0.2) is 55.6 Å². The topological polar surface area (TPSA) is 42.0 Å². The molecule has 0 unspecified atom stereocenters. The molecule has 0 aliphatic carbocycles. The number of hydrogen-bond acceptors (Lipinski definition) is 4. The number of amides is 1. The Morgan fingerprint density at radius 1 is 1.22 bits per heavy atom. The lowest BCUT2D eigenvalue weighted by Crippen LogP contribution is -2.44. The Kier molecular flexibility index (Phi) is 4.76. The molecule has 3 rings (SSSR count). The van der Waals surface area contributed by atoms with Gasteiger partial charge in [0.1, 0.15) is 0 Å². The van der Waals surface area contributed by atoms with Crippen molar-refractivity contribution in [2.24, 2.45) is 0 Å². The van der Waals surface area contributed by atoms with E-state index in [0.29, 0.717) is 13.2 Å². The Bertz CT molecular complexity index is 573. The molecule has 0 N–H and O–H groups in total. The molecule has 126 valence electrons. The van der Waals surface area contributed by atoms with E-state index in [1.165, 1.54) is 5.56 Å². The van der Waals surface area contributed by atoms with E-state index in [4.69, 9.17) is 9.47 Å². The lowest BCUT2D eigenvalue weighted by molar-refractivity contribution is -0.134. The van der Waals surface area contributed by atoms with Gasteiger partial charge in [-0.1, -0.05) is 6.07 Å². The first kappa shape index (κ1) is 16.1. The van der Waals surface area contributed by atoms with Crippen LogP contribution in [0.3, 0.4) is 0 Å². The summed E-state index contributed by atoms with van der Waals surface area (Å²) in [6, 6.07) is 6.38. The van der Waals surface area contributed by atoms with Crippen LogP contribution in [0.1, 0.15) is 37.8 Å². The Labute approximate surface area is 138 Å². The predicted octanol–water partition coefficient (Wildman–Crippen LogP) is 2.46. The van der Waals surface area contributed by atoms with Crippen LogP contribution in [0, 0.1) is 0 Å². The Morgan fingerprint density at radius 3 is 2.70 bits per heavy atom. The van der Waals surface area contributed by atoms with Gasteiger partial charge >= 0.3 is 0 Å². The van der Waals surface area contributed by atoms with Crippen LogP contribution in [0.2, 0.25) is 0 Å². The molecule has 1 fully saturated rings. The first-order chi connectivity index (χ1) is 11.1. The van der Waals surface area contributed by atoms with Gasteiger partial charge in [0.2, 0.25) is 5.91 Å². The monoisotopic (exact) mass is 318 g/mol. The standard InChI is InChI=1S/C18H26N2O3/c1-13(18(21)19(2)3)20-9-4-6-15(20)14-7-8-16-17(12-14)23-11-5-10-22-16/h7-8,12-13,15H,4-6,9-11H2,1-3H3/t13-,15+/m1/s1. The second-order valence-electron chi connectivity index (χ2n) is 6.56. The van der Waals surface area contributed by atoms with Gasteiger partial charge in [-0.3, -0.25) is 9.69 Å². The quantitative estimate of drug-likeness (QED) is 0.858. The molecule has 0 saturated carbocycles. The number of likely N-dealkylation sites (N-methyl/N-ethyl adjacent to an activating group) is 1. The van der Waals surface area contributed by atoms with E-state index in [0.717, 1.165) is 37.3 Å². The number of hydrogen-bond donors (Lipinski definition) is 0. The number of likely N-dealkylation sites (tertiary alicyclic amines) is 1. The third-order valence-corrected chi connectivity index (χ3v) is 4.75. The molecule has 2 atom stereocenters. The van der Waals surface area contributed by atoms with Crippen molar-refractivity contribution in [2.45, 2.75) is 38.3 Å². The van der Waals surface area contributed by atoms with Crippen LogP contribution in [0.15, 0.2) is 18.2 Å². The van der Waals surface area contributed by atoms with E-state index in [9.17, 15) is 4.79 Å². The van der Waals surface area contributed by atoms with Crippen molar-refractivity contribution in [1.29, 1.82) is 0 Å². The maximum absolute atomic E-state index is 12.3. The lowest BCUT2D eigenvalue weighted by atomic mass is 10.0. The number of rotatable bonds is 3. The van der Waals surface area contributed by atoms with Gasteiger partial charge in [0.25, 0.3) is 0 Å². The van der Waals surface area contributed by atoms with Crippen LogP contribution in [0.5, 0.6) is 11.5 Å². The maximum Gasteiger partial charge on any atom is 0.239 e. The Hall–Kier alpha value is -1.75. The molecule has 0 radical (unpaired) electrons. The zero-order valence-corrected chi connectivity index (χ0v) is 14.2. The Morgan fingerprint density at radius 2 is 1.96 bits per heavy atom. The minimum atomic E-state index is -0.103. The molecule has 1 saturated heterocycles. The molecule has 1 aromatic carbocycles. The molecule has 2 heterocycles. The predicted molar refractivity (Wildman–Crippen MR) is 88.9 cm³/mol. The summed E-state index contributed by atoms with van der Waals surface area (Å²) in [4.78, 5) is 16.3. The molecule has 1 amide bonds. The van der Waals surface area contributed by atoms with Gasteiger partial charge in [-0.15, -0.1) is 0 Å². The van der Waals surface area contributed by atoms with Crippen LogP contribution in [0.25, 0.3) is 0 Å². The number of fused-ring (bicyclic) bond motifs is 1. The zero-order chi connectivity index (χ0) is 16.4. The minimum absolute atomic E-state index is 0.103. The number of benzene rings is 1. The van der Waals surface area contributed by atoms with Crippen LogP contribution >= 0.6 is 0 Å². The molecule has 1 aromatic rings. The first-order valence-corrected chi connectivity index (χ1v) is 8.44. The van der Waals surface area contributed by atoms with E-state index >= 15 is 0 Å². The SMILES string of the molecule is C[C@H](C(=O)N(C)C)N1CCC[C@H]1c1ccc2c(c1)OCCCO2. The molecular formula is C18H26N2O3. The number of carbonyl (C=O) groups is 1. The van der Waals surface area contributed by atoms with Crippen molar-refractivity contribution in [3.05, 3.63) is 23.8 Å². The lowest BCUT2D eigenvalue weighted by Gasteiger charge is -2.31. The molecule has 0 bridgehead atoms. The summed E-state index contributed by atoms with van der Waals surface area (Å²) in [5.74, 6) is 1.82. The summed E-state index contributed by atoms with van der Waals surface area (Å²) >= 11 is 0. The highest BCUT2D eigenvalue weighted by Crippen LogP contribution is 2.38. The average molecular weight is 318 g/mol. The maximum atomic E-state index is 12.3. The van der Waals surface area contributed by atoms with Gasteiger partial charge in [0.05, 0.1) is 19.3 Å².